The van der Waals surface area contributed by atoms with E-state index in [0.717, 1.165) is 0 Å². The van der Waals surface area contributed by atoms with Crippen LogP contribution in [0.1, 0.15) is 5.56 Å². The number of carbonyl (C=O) groups is 1. The zero-order chi connectivity index (χ0) is 12.6. The number of aryl methyl sites for hydroxylation is 1. The summed E-state index contributed by atoms with van der Waals surface area (Å²) in [5, 5.41) is 9.21. The molecule has 0 fully saturated rings. The highest BCUT2D eigenvalue weighted by Crippen LogP contribution is 2.18. The highest BCUT2D eigenvalue weighted by atomic mass is 19.1. The van der Waals surface area contributed by atoms with Crippen LogP contribution in [0.3, 0.4) is 0 Å². The number of carboxylic acid groups (broad SMARTS) is 1. The normalized spacial score (nSPS) is 10.7. The van der Waals surface area contributed by atoms with Crippen LogP contribution in [0.25, 0.3) is 10.9 Å². The van der Waals surface area contributed by atoms with E-state index in [4.69, 9.17) is 5.11 Å². The maximum absolute atomic E-state index is 13.2. The van der Waals surface area contributed by atoms with Crippen LogP contribution in [-0.4, -0.2) is 15.6 Å². The van der Waals surface area contributed by atoms with Gasteiger partial charge in [-0.25, -0.2) is 4.39 Å². The van der Waals surface area contributed by atoms with Crippen molar-refractivity contribution in [2.45, 2.75) is 6.42 Å². The number of hydrogen-bond acceptors (Lipinski definition) is 2. The van der Waals surface area contributed by atoms with Crippen LogP contribution in [0.5, 0.6) is 0 Å². The SMILES string of the molecule is Cn1c(=O)cc(CC(=O)O)c2cc(F)ccc21. The summed E-state index contributed by atoms with van der Waals surface area (Å²) in [6.45, 7) is 0. The van der Waals surface area contributed by atoms with Crippen molar-refractivity contribution < 1.29 is 14.3 Å². The average molecular weight is 235 g/mol. The number of aliphatic carboxylic acids is 1. The summed E-state index contributed by atoms with van der Waals surface area (Å²) in [6, 6.07) is 5.19. The Balaban J connectivity index is 2.82. The number of benzene rings is 1. The lowest BCUT2D eigenvalue weighted by Crippen LogP contribution is -2.18. The quantitative estimate of drug-likeness (QED) is 0.853. The van der Waals surface area contributed by atoms with E-state index in [1.54, 1.807) is 7.05 Å². The Morgan fingerprint density at radius 1 is 1.41 bits per heavy atom. The van der Waals surface area contributed by atoms with Crippen molar-refractivity contribution in [1.82, 2.24) is 4.57 Å². The van der Waals surface area contributed by atoms with E-state index in [2.05, 4.69) is 0 Å². The molecule has 1 N–H and O–H groups in total. The largest absolute Gasteiger partial charge is 0.481 e. The fourth-order valence-electron chi connectivity index (χ4n) is 1.81. The Morgan fingerprint density at radius 2 is 2.12 bits per heavy atom. The highest BCUT2D eigenvalue weighted by Gasteiger charge is 2.10. The molecule has 0 unspecified atom stereocenters. The topological polar surface area (TPSA) is 59.3 Å². The Kier molecular flexibility index (Phi) is 2.67. The van der Waals surface area contributed by atoms with Crippen molar-refractivity contribution in [3.8, 4) is 0 Å². The van der Waals surface area contributed by atoms with Gasteiger partial charge in [0.05, 0.1) is 11.9 Å². The van der Waals surface area contributed by atoms with Crippen molar-refractivity contribution >= 4 is 16.9 Å². The third-order valence-corrected chi connectivity index (χ3v) is 2.64. The first kappa shape index (κ1) is 11.3. The Bertz CT molecular complexity index is 661. The lowest BCUT2D eigenvalue weighted by Gasteiger charge is -2.08. The number of fused-ring (bicyclic) bond motifs is 1. The monoisotopic (exact) mass is 235 g/mol. The summed E-state index contributed by atoms with van der Waals surface area (Å²) in [6.07, 6.45) is -0.296. The molecule has 0 amide bonds. The lowest BCUT2D eigenvalue weighted by molar-refractivity contribution is -0.136. The third kappa shape index (κ3) is 2.04. The van der Waals surface area contributed by atoms with Crippen LogP contribution < -0.4 is 5.56 Å². The summed E-state index contributed by atoms with van der Waals surface area (Å²) in [7, 11) is 1.56. The minimum absolute atomic E-state index is 0.296. The van der Waals surface area contributed by atoms with Crippen LogP contribution >= 0.6 is 0 Å². The maximum atomic E-state index is 13.2. The number of rotatable bonds is 2. The van der Waals surface area contributed by atoms with E-state index >= 15 is 0 Å². The van der Waals surface area contributed by atoms with Crippen LogP contribution in [0.15, 0.2) is 29.1 Å². The molecule has 0 spiro atoms. The molecule has 17 heavy (non-hydrogen) atoms. The molecule has 5 heteroatoms. The number of hydrogen-bond donors (Lipinski definition) is 1. The number of halogens is 1. The second-order valence-corrected chi connectivity index (χ2v) is 3.80. The zero-order valence-corrected chi connectivity index (χ0v) is 9.11. The molecule has 4 nitrogen and oxygen atoms in total. The Morgan fingerprint density at radius 3 is 2.76 bits per heavy atom. The first-order valence-corrected chi connectivity index (χ1v) is 4.99. The van der Waals surface area contributed by atoms with E-state index in [0.29, 0.717) is 16.5 Å². The molecule has 0 aliphatic carbocycles. The van der Waals surface area contributed by atoms with Crippen LogP contribution in [-0.2, 0) is 18.3 Å². The van der Waals surface area contributed by atoms with Crippen molar-refractivity contribution in [3.05, 3.63) is 46.0 Å². The smallest absolute Gasteiger partial charge is 0.307 e. The van der Waals surface area contributed by atoms with Gasteiger partial charge in [0, 0.05) is 18.5 Å². The van der Waals surface area contributed by atoms with Crippen molar-refractivity contribution in [3.63, 3.8) is 0 Å². The summed E-state index contributed by atoms with van der Waals surface area (Å²) in [4.78, 5) is 22.3. The molecule has 0 aliphatic heterocycles. The van der Waals surface area contributed by atoms with Gasteiger partial charge in [0.2, 0.25) is 0 Å². The van der Waals surface area contributed by atoms with Gasteiger partial charge in [-0.15, -0.1) is 0 Å². The molecule has 1 aromatic heterocycles. The van der Waals surface area contributed by atoms with Crippen molar-refractivity contribution in [1.29, 1.82) is 0 Å². The fourth-order valence-corrected chi connectivity index (χ4v) is 1.81. The molecule has 0 saturated carbocycles. The highest BCUT2D eigenvalue weighted by molar-refractivity contribution is 5.86. The van der Waals surface area contributed by atoms with Gasteiger partial charge in [-0.2, -0.15) is 0 Å². The molecule has 0 saturated heterocycles. The second-order valence-electron chi connectivity index (χ2n) is 3.80. The van der Waals surface area contributed by atoms with Gasteiger partial charge < -0.3 is 9.67 Å². The third-order valence-electron chi connectivity index (χ3n) is 2.64. The van der Waals surface area contributed by atoms with E-state index in [9.17, 15) is 14.0 Å². The van der Waals surface area contributed by atoms with Gasteiger partial charge in [-0.3, -0.25) is 9.59 Å². The Hall–Kier alpha value is -2.17. The first-order valence-electron chi connectivity index (χ1n) is 4.99. The van der Waals surface area contributed by atoms with Crippen LogP contribution in [0, 0.1) is 5.82 Å². The van der Waals surface area contributed by atoms with E-state index in [1.807, 2.05) is 0 Å². The van der Waals surface area contributed by atoms with Crippen LogP contribution in [0.4, 0.5) is 4.39 Å². The number of carboxylic acids is 1. The molecule has 1 heterocycles. The number of pyridine rings is 1. The second kappa shape index (κ2) is 4.01. The molecule has 0 aliphatic rings. The van der Waals surface area contributed by atoms with Gasteiger partial charge in [0.1, 0.15) is 5.82 Å². The summed E-state index contributed by atoms with van der Waals surface area (Å²) >= 11 is 0. The Labute approximate surface area is 95.9 Å². The molecule has 0 atom stereocenters. The van der Waals surface area contributed by atoms with Crippen molar-refractivity contribution in [2.24, 2.45) is 7.05 Å². The van der Waals surface area contributed by atoms with E-state index in [1.165, 1.54) is 28.8 Å². The lowest BCUT2D eigenvalue weighted by atomic mass is 10.1. The van der Waals surface area contributed by atoms with Gasteiger partial charge in [0.25, 0.3) is 5.56 Å². The number of nitrogens with zero attached hydrogens (tertiary/aromatic N) is 1. The van der Waals surface area contributed by atoms with E-state index < -0.39 is 11.8 Å². The average Bonchev–Trinajstić information content (AvgIpc) is 2.25. The van der Waals surface area contributed by atoms with Crippen LogP contribution in [0.2, 0.25) is 0 Å². The molecule has 0 bridgehead atoms. The summed E-state index contributed by atoms with van der Waals surface area (Å²) < 4.78 is 14.5. The maximum Gasteiger partial charge on any atom is 0.307 e. The van der Waals surface area contributed by atoms with Gasteiger partial charge in [0.15, 0.2) is 0 Å². The standard InChI is InChI=1S/C12H10FNO3/c1-14-10-3-2-8(13)6-9(10)7(4-11(14)15)5-12(16)17/h2-4,6H,5H2,1H3,(H,16,17). The molecule has 2 rings (SSSR count). The molecule has 88 valence electrons. The molecular weight excluding hydrogens is 225 g/mol. The van der Waals surface area contributed by atoms with Crippen molar-refractivity contribution in [2.75, 3.05) is 0 Å². The molecule has 2 aromatic rings. The van der Waals surface area contributed by atoms with Gasteiger partial charge in [-0.05, 0) is 23.8 Å². The summed E-state index contributed by atoms with van der Waals surface area (Å²) in [5.41, 5.74) is 0.547. The van der Waals surface area contributed by atoms with Gasteiger partial charge in [-0.1, -0.05) is 0 Å². The predicted molar refractivity (Wildman–Crippen MR) is 60.5 cm³/mol. The minimum atomic E-state index is -1.05. The first-order chi connectivity index (χ1) is 7.99. The summed E-state index contributed by atoms with van der Waals surface area (Å²) in [5.74, 6) is -1.51. The minimum Gasteiger partial charge on any atom is -0.481 e. The fraction of sp³-hybridized carbons (Fsp3) is 0.167. The molecule has 1 aromatic carbocycles. The predicted octanol–water partition coefficient (Wildman–Crippen LogP) is 1.30. The molecular formula is C12H10FNO3. The zero-order valence-electron chi connectivity index (χ0n) is 9.11. The van der Waals surface area contributed by atoms with E-state index in [-0.39, 0.29) is 12.0 Å². The number of aromatic nitrogens is 1. The molecule has 0 radical (unpaired) electrons. The van der Waals surface area contributed by atoms with Gasteiger partial charge >= 0.3 is 5.97 Å².